The van der Waals surface area contributed by atoms with E-state index in [0.717, 1.165) is 5.39 Å². The van der Waals surface area contributed by atoms with E-state index in [1.54, 1.807) is 48.7 Å². The lowest BCUT2D eigenvalue weighted by atomic mass is 9.95. The maximum atomic E-state index is 13.0. The molecule has 0 aliphatic carbocycles. The number of rotatable bonds is 6. The molecule has 9 heteroatoms. The smallest absolute Gasteiger partial charge is 0.344 e. The Bertz CT molecular complexity index is 1750. The highest BCUT2D eigenvalue weighted by Crippen LogP contribution is 2.30. The van der Waals surface area contributed by atoms with Gasteiger partial charge in [-0.3, -0.25) is 9.78 Å². The van der Waals surface area contributed by atoms with E-state index in [1.807, 2.05) is 18.2 Å². The number of hydrogen-bond donors (Lipinski definition) is 1. The lowest BCUT2D eigenvalue weighted by Gasteiger charge is -2.19. The first-order valence-corrected chi connectivity index (χ1v) is 12.4. The van der Waals surface area contributed by atoms with Crippen molar-refractivity contribution in [2.45, 2.75) is 12.5 Å². The summed E-state index contributed by atoms with van der Waals surface area (Å²) in [7, 11) is 1.24. The Kier molecular flexibility index (Phi) is 7.13. The van der Waals surface area contributed by atoms with Gasteiger partial charge in [0, 0.05) is 29.0 Å². The van der Waals surface area contributed by atoms with Crippen LogP contribution in [0.15, 0.2) is 88.2 Å². The van der Waals surface area contributed by atoms with Crippen LogP contribution in [0.3, 0.4) is 0 Å². The number of nitrogens with one attached hydrogen (secondary N) is 1. The summed E-state index contributed by atoms with van der Waals surface area (Å²) < 4.78 is 10.5. The zero-order chi connectivity index (χ0) is 26.8. The van der Waals surface area contributed by atoms with E-state index >= 15 is 0 Å². The minimum absolute atomic E-state index is 0.0645. The number of amides is 1. The molecule has 3 aromatic carbocycles. The molecule has 1 amide bonds. The summed E-state index contributed by atoms with van der Waals surface area (Å²) in [5, 5.41) is 4.49. The zero-order valence-corrected chi connectivity index (χ0v) is 21.5. The van der Waals surface area contributed by atoms with Crippen LogP contribution in [0.25, 0.3) is 33.0 Å². The number of methoxy groups -OCH3 is 1. The summed E-state index contributed by atoms with van der Waals surface area (Å²) in [5.74, 6) is -1.25. The first-order chi connectivity index (χ1) is 18.4. The van der Waals surface area contributed by atoms with Gasteiger partial charge in [0.1, 0.15) is 11.6 Å². The molecule has 0 unspecified atom stereocenters. The molecule has 0 aliphatic heterocycles. The molecule has 1 N–H and O–H groups in total. The maximum Gasteiger partial charge on any atom is 0.344 e. The Morgan fingerprint density at radius 3 is 2.50 bits per heavy atom. The third kappa shape index (κ3) is 4.86. The number of carbonyl (C=O) groups excluding carboxylic acids is 2. The summed E-state index contributed by atoms with van der Waals surface area (Å²) in [4.78, 5) is 43.1. The van der Waals surface area contributed by atoms with Gasteiger partial charge < -0.3 is 14.5 Å². The normalized spacial score (nSPS) is 11.9. The van der Waals surface area contributed by atoms with E-state index in [0.29, 0.717) is 33.2 Å². The van der Waals surface area contributed by atoms with Crippen LogP contribution < -0.4 is 10.9 Å². The average Bonchev–Trinajstić information content (AvgIpc) is 2.92. The van der Waals surface area contributed by atoms with Gasteiger partial charge in [-0.2, -0.15) is 0 Å². The molecule has 5 rings (SSSR count). The van der Waals surface area contributed by atoms with Gasteiger partial charge >= 0.3 is 11.6 Å². The molecule has 0 fully saturated rings. The van der Waals surface area contributed by atoms with Crippen LogP contribution in [0.2, 0.25) is 10.0 Å². The van der Waals surface area contributed by atoms with E-state index in [4.69, 9.17) is 32.4 Å². The molecule has 38 heavy (non-hydrogen) atoms. The molecule has 2 heterocycles. The van der Waals surface area contributed by atoms with Gasteiger partial charge in [-0.05, 0) is 35.9 Å². The number of aromatic nitrogens is 1. The molecule has 5 aromatic rings. The van der Waals surface area contributed by atoms with E-state index in [2.05, 4.69) is 10.3 Å². The third-order valence-corrected chi connectivity index (χ3v) is 6.83. The van der Waals surface area contributed by atoms with Crippen molar-refractivity contribution in [3.8, 4) is 11.1 Å². The molecule has 0 bridgehead atoms. The van der Waals surface area contributed by atoms with Crippen molar-refractivity contribution in [2.24, 2.45) is 0 Å². The standard InChI is InChI=1S/C29H20Cl2N2O5/c1-37-29(36)23(33-27(34)25-21(30)8-4-9-22(25)31)15-16-11-12-19(26-18(16)7-5-13-32-26)20-14-17-6-2-3-10-24(17)38-28(20)35/h2-14,23H,15H2,1H3,(H,33,34)/t23-/m0/s1. The third-order valence-electron chi connectivity index (χ3n) is 6.20. The molecule has 0 saturated carbocycles. The van der Waals surface area contributed by atoms with E-state index in [9.17, 15) is 14.4 Å². The first-order valence-electron chi connectivity index (χ1n) is 11.6. The van der Waals surface area contributed by atoms with Crippen LogP contribution in [0.1, 0.15) is 15.9 Å². The van der Waals surface area contributed by atoms with Crippen LogP contribution in [-0.2, 0) is 16.0 Å². The Balaban J connectivity index is 1.55. The van der Waals surface area contributed by atoms with E-state index < -0.39 is 23.5 Å². The fourth-order valence-corrected chi connectivity index (χ4v) is 4.95. The Labute approximate surface area is 227 Å². The maximum absolute atomic E-state index is 13.0. The van der Waals surface area contributed by atoms with Crippen LogP contribution in [0.4, 0.5) is 0 Å². The second kappa shape index (κ2) is 10.7. The SMILES string of the molecule is COC(=O)[C@H](Cc1ccc(-c2cc3ccccc3oc2=O)c2ncccc12)NC(=O)c1c(Cl)cccc1Cl. The van der Waals surface area contributed by atoms with Crippen LogP contribution in [0.5, 0.6) is 0 Å². The number of ether oxygens (including phenoxy) is 1. The van der Waals surface area contributed by atoms with Crippen LogP contribution in [0, 0.1) is 0 Å². The summed E-state index contributed by atoms with van der Waals surface area (Å²) in [6.45, 7) is 0. The minimum Gasteiger partial charge on any atom is -0.467 e. The summed E-state index contributed by atoms with van der Waals surface area (Å²) in [6, 6.07) is 19.8. The number of carbonyl (C=O) groups is 2. The molecule has 0 spiro atoms. The Hall–Kier alpha value is -4.20. The molecule has 190 valence electrons. The Morgan fingerprint density at radius 2 is 1.74 bits per heavy atom. The number of pyridine rings is 1. The van der Waals surface area contributed by atoms with Gasteiger partial charge in [0.05, 0.1) is 33.8 Å². The number of hydrogen-bond acceptors (Lipinski definition) is 6. The molecule has 0 radical (unpaired) electrons. The highest BCUT2D eigenvalue weighted by Gasteiger charge is 2.26. The minimum atomic E-state index is -1.04. The lowest BCUT2D eigenvalue weighted by Crippen LogP contribution is -2.43. The summed E-state index contributed by atoms with van der Waals surface area (Å²) in [6.07, 6.45) is 1.71. The number of esters is 1. The Morgan fingerprint density at radius 1 is 0.974 bits per heavy atom. The first kappa shape index (κ1) is 25.4. The summed E-state index contributed by atoms with van der Waals surface area (Å²) in [5.41, 5.74) is 2.29. The average molecular weight is 547 g/mol. The van der Waals surface area contributed by atoms with Crippen molar-refractivity contribution >= 4 is 57.0 Å². The van der Waals surface area contributed by atoms with Gasteiger partial charge in [0.15, 0.2) is 0 Å². The second-order valence-corrected chi connectivity index (χ2v) is 9.32. The van der Waals surface area contributed by atoms with Crippen molar-refractivity contribution in [2.75, 3.05) is 7.11 Å². The molecule has 7 nitrogen and oxygen atoms in total. The van der Waals surface area contributed by atoms with Crippen molar-refractivity contribution in [1.29, 1.82) is 0 Å². The predicted octanol–water partition coefficient (Wildman–Crippen LogP) is 5.83. The largest absolute Gasteiger partial charge is 0.467 e. The quantitative estimate of drug-likeness (QED) is 0.212. The zero-order valence-electron chi connectivity index (χ0n) is 20.0. The molecule has 1 atom stereocenters. The second-order valence-electron chi connectivity index (χ2n) is 8.51. The predicted molar refractivity (Wildman–Crippen MR) is 147 cm³/mol. The highest BCUT2D eigenvalue weighted by molar-refractivity contribution is 6.39. The fourth-order valence-electron chi connectivity index (χ4n) is 4.38. The highest BCUT2D eigenvalue weighted by atomic mass is 35.5. The number of nitrogens with zero attached hydrogens (tertiary/aromatic N) is 1. The fraction of sp³-hybridized carbons (Fsp3) is 0.103. The van der Waals surface area contributed by atoms with Crippen molar-refractivity contribution in [3.05, 3.63) is 111 Å². The van der Waals surface area contributed by atoms with Crippen molar-refractivity contribution in [3.63, 3.8) is 0 Å². The van der Waals surface area contributed by atoms with Gasteiger partial charge in [0.25, 0.3) is 5.91 Å². The molecule has 0 saturated heterocycles. The van der Waals surface area contributed by atoms with Crippen LogP contribution >= 0.6 is 23.2 Å². The van der Waals surface area contributed by atoms with Crippen molar-refractivity contribution < 1.29 is 18.7 Å². The van der Waals surface area contributed by atoms with Gasteiger partial charge in [-0.1, -0.05) is 65.7 Å². The molecule has 0 aliphatic rings. The monoisotopic (exact) mass is 546 g/mol. The topological polar surface area (TPSA) is 98.5 Å². The number of halogens is 2. The molecule has 2 aromatic heterocycles. The van der Waals surface area contributed by atoms with Gasteiger partial charge in [-0.25, -0.2) is 9.59 Å². The van der Waals surface area contributed by atoms with Crippen LogP contribution in [-0.4, -0.2) is 30.0 Å². The van der Waals surface area contributed by atoms with E-state index in [1.165, 1.54) is 19.2 Å². The number of benzene rings is 3. The van der Waals surface area contributed by atoms with E-state index in [-0.39, 0.29) is 22.0 Å². The van der Waals surface area contributed by atoms with Gasteiger partial charge in [0.2, 0.25) is 0 Å². The number of para-hydroxylation sites is 1. The van der Waals surface area contributed by atoms with Gasteiger partial charge in [-0.15, -0.1) is 0 Å². The molecular formula is C29H20Cl2N2O5. The van der Waals surface area contributed by atoms with Crippen molar-refractivity contribution in [1.82, 2.24) is 10.3 Å². The number of fused-ring (bicyclic) bond motifs is 2. The lowest BCUT2D eigenvalue weighted by molar-refractivity contribution is -0.142. The molecular weight excluding hydrogens is 527 g/mol. The summed E-state index contributed by atoms with van der Waals surface area (Å²) >= 11 is 12.4.